The maximum absolute atomic E-state index is 12.1. The Labute approximate surface area is 133 Å². The van der Waals surface area contributed by atoms with Crippen LogP contribution >= 0.6 is 0 Å². The number of rotatable bonds is 5. The minimum absolute atomic E-state index is 0.213. The van der Waals surface area contributed by atoms with Crippen molar-refractivity contribution >= 4 is 17.3 Å². The lowest BCUT2D eigenvalue weighted by Crippen LogP contribution is -2.26. The van der Waals surface area contributed by atoms with Gasteiger partial charge >= 0.3 is 11.7 Å². The van der Waals surface area contributed by atoms with Gasteiger partial charge in [-0.15, -0.1) is 0 Å². The maximum atomic E-state index is 12.1. The van der Waals surface area contributed by atoms with Crippen LogP contribution in [0, 0.1) is 25.6 Å². The fourth-order valence-electron chi connectivity index (χ4n) is 1.80. The number of esters is 1. The first kappa shape index (κ1) is 18.5. The number of nitrogens with zero attached hydrogens (tertiary/aromatic N) is 2. The topological polar surface area (TPSA) is 113 Å². The predicted molar refractivity (Wildman–Crippen MR) is 83.5 cm³/mol. The highest BCUT2D eigenvalue weighted by atomic mass is 16.6. The lowest BCUT2D eigenvalue weighted by Gasteiger charge is -2.19. The monoisotopic (exact) mass is 324 g/mol. The smallest absolute Gasteiger partial charge is 0.318 e. The average molecular weight is 324 g/mol. The molecule has 1 unspecified atom stereocenters. The maximum Gasteiger partial charge on any atom is 0.318 e. The van der Waals surface area contributed by atoms with Gasteiger partial charge in [0.2, 0.25) is 5.75 Å². The molecule has 1 rings (SSSR count). The first-order chi connectivity index (χ1) is 10.5. The molecule has 1 aromatic carbocycles. The fraction of sp³-hybridized carbons (Fsp3) is 0.533. The second-order valence-electron chi connectivity index (χ2n) is 6.35. The molecule has 0 heterocycles. The van der Waals surface area contributed by atoms with Crippen molar-refractivity contribution in [1.29, 1.82) is 0 Å². The molecule has 0 N–H and O–H groups in total. The summed E-state index contributed by atoms with van der Waals surface area (Å²) in [5.74, 6) is -1.09. The predicted octanol–water partition coefficient (Wildman–Crippen LogP) is 3.97. The van der Waals surface area contributed by atoms with Gasteiger partial charge < -0.3 is 4.74 Å². The summed E-state index contributed by atoms with van der Waals surface area (Å²) in [7, 11) is 0. The molecule has 0 aliphatic heterocycles. The first-order valence-corrected chi connectivity index (χ1v) is 7.18. The summed E-state index contributed by atoms with van der Waals surface area (Å²) in [6.45, 7) is 8.46. The van der Waals surface area contributed by atoms with Crippen molar-refractivity contribution in [2.24, 2.45) is 5.41 Å². The number of non-ortho nitro benzene ring substituents is 1. The van der Waals surface area contributed by atoms with Crippen molar-refractivity contribution in [1.82, 2.24) is 0 Å². The molecular weight excluding hydrogens is 304 g/mol. The summed E-state index contributed by atoms with van der Waals surface area (Å²) in [5.41, 5.74) is -1.55. The van der Waals surface area contributed by atoms with E-state index in [0.717, 1.165) is 6.07 Å². The Balaban J connectivity index is 3.59. The minimum atomic E-state index is -0.859. The normalized spacial score (nSPS) is 12.6. The molecule has 0 bridgehead atoms. The summed E-state index contributed by atoms with van der Waals surface area (Å²) in [4.78, 5) is 32.9. The van der Waals surface area contributed by atoms with Gasteiger partial charge in [-0.05, 0) is 33.1 Å². The van der Waals surface area contributed by atoms with Gasteiger partial charge in [-0.1, -0.05) is 13.8 Å². The van der Waals surface area contributed by atoms with E-state index in [4.69, 9.17) is 4.74 Å². The molecule has 8 nitrogen and oxygen atoms in total. The van der Waals surface area contributed by atoms with Crippen LogP contribution in [0.2, 0.25) is 0 Å². The molecule has 8 heteroatoms. The van der Waals surface area contributed by atoms with E-state index in [1.165, 1.54) is 6.07 Å². The Kier molecular flexibility index (Phi) is 5.42. The van der Waals surface area contributed by atoms with E-state index in [0.29, 0.717) is 6.42 Å². The number of hydrogen-bond acceptors (Lipinski definition) is 6. The number of carbonyl (C=O) groups excluding carboxylic acids is 1. The number of ether oxygens (including phenoxy) is 1. The van der Waals surface area contributed by atoms with E-state index in [-0.39, 0.29) is 17.2 Å². The molecule has 23 heavy (non-hydrogen) atoms. The molecule has 0 fully saturated rings. The van der Waals surface area contributed by atoms with Crippen molar-refractivity contribution in [3.8, 4) is 5.75 Å². The van der Waals surface area contributed by atoms with Crippen LogP contribution < -0.4 is 4.74 Å². The molecule has 0 aliphatic carbocycles. The number of carbonyl (C=O) groups is 1. The molecule has 0 radical (unpaired) electrons. The summed E-state index contributed by atoms with van der Waals surface area (Å²) in [6, 6.07) is 2.05. The Morgan fingerprint density at radius 3 is 2.17 bits per heavy atom. The number of nitro groups is 2. The van der Waals surface area contributed by atoms with E-state index in [9.17, 15) is 25.0 Å². The molecular formula is C15H20N2O6. The van der Waals surface area contributed by atoms with Crippen molar-refractivity contribution in [2.75, 3.05) is 0 Å². The van der Waals surface area contributed by atoms with Crippen LogP contribution in [0.5, 0.6) is 5.75 Å². The highest BCUT2D eigenvalue weighted by Crippen LogP contribution is 2.41. The van der Waals surface area contributed by atoms with Crippen molar-refractivity contribution in [3.05, 3.63) is 37.9 Å². The molecule has 0 aliphatic rings. The molecule has 0 aromatic heterocycles. The molecule has 126 valence electrons. The van der Waals surface area contributed by atoms with Crippen molar-refractivity contribution in [3.63, 3.8) is 0 Å². The van der Waals surface area contributed by atoms with Crippen LogP contribution in [-0.2, 0) is 4.79 Å². The molecule has 0 saturated carbocycles. The van der Waals surface area contributed by atoms with Gasteiger partial charge in [0.1, 0.15) is 0 Å². The quantitative estimate of drug-likeness (QED) is 0.350. The van der Waals surface area contributed by atoms with Crippen LogP contribution in [-0.4, -0.2) is 15.8 Å². The van der Waals surface area contributed by atoms with Crippen LogP contribution in [0.25, 0.3) is 0 Å². The zero-order chi connectivity index (χ0) is 17.9. The van der Waals surface area contributed by atoms with Gasteiger partial charge in [-0.25, -0.2) is 0 Å². The van der Waals surface area contributed by atoms with Crippen molar-refractivity contribution in [2.45, 2.75) is 47.0 Å². The van der Waals surface area contributed by atoms with Gasteiger partial charge in [0.25, 0.3) is 5.69 Å². The van der Waals surface area contributed by atoms with Crippen LogP contribution in [0.15, 0.2) is 12.1 Å². The largest absolute Gasteiger partial charge is 0.418 e. The third kappa shape index (κ3) is 4.24. The number of benzene rings is 1. The summed E-state index contributed by atoms with van der Waals surface area (Å²) < 4.78 is 5.26. The third-order valence-corrected chi connectivity index (χ3v) is 3.44. The molecule has 0 spiro atoms. The van der Waals surface area contributed by atoms with E-state index in [1.807, 2.05) is 6.92 Å². The average Bonchev–Trinajstić information content (AvgIpc) is 2.44. The Morgan fingerprint density at radius 2 is 1.78 bits per heavy atom. The SMILES string of the molecule is CCC(C)c1cc([N+](=O)[O-])cc([N+](=O)[O-])c1OC(=O)C(C)(C)C. The standard InChI is InChI=1S/C15H20N2O6/c1-6-9(2)11-7-10(16(19)20)8-12(17(21)22)13(11)23-14(18)15(3,4)5/h7-9H,6H2,1-5H3. The Hall–Kier alpha value is -2.51. The Bertz CT molecular complexity index is 648. The van der Waals surface area contributed by atoms with E-state index >= 15 is 0 Å². The van der Waals surface area contributed by atoms with Gasteiger partial charge in [0, 0.05) is 11.6 Å². The van der Waals surface area contributed by atoms with Gasteiger partial charge in [0.15, 0.2) is 0 Å². The summed E-state index contributed by atoms with van der Waals surface area (Å²) in [5, 5.41) is 22.3. The van der Waals surface area contributed by atoms with Crippen LogP contribution in [0.4, 0.5) is 11.4 Å². The van der Waals surface area contributed by atoms with Crippen LogP contribution in [0.3, 0.4) is 0 Å². The molecule has 0 saturated heterocycles. The highest BCUT2D eigenvalue weighted by molar-refractivity contribution is 5.80. The lowest BCUT2D eigenvalue weighted by molar-refractivity contribution is -0.394. The number of hydrogen-bond donors (Lipinski definition) is 0. The lowest BCUT2D eigenvalue weighted by atomic mass is 9.95. The number of nitro benzene ring substituents is 2. The first-order valence-electron chi connectivity index (χ1n) is 7.18. The van der Waals surface area contributed by atoms with Gasteiger partial charge in [-0.2, -0.15) is 0 Å². The van der Waals surface area contributed by atoms with Crippen molar-refractivity contribution < 1.29 is 19.4 Å². The zero-order valence-electron chi connectivity index (χ0n) is 13.8. The fourth-order valence-corrected chi connectivity index (χ4v) is 1.80. The molecule has 0 amide bonds. The van der Waals surface area contributed by atoms with E-state index in [2.05, 4.69) is 0 Å². The summed E-state index contributed by atoms with van der Waals surface area (Å²) in [6.07, 6.45) is 0.582. The summed E-state index contributed by atoms with van der Waals surface area (Å²) >= 11 is 0. The Morgan fingerprint density at radius 1 is 1.22 bits per heavy atom. The molecule has 1 aromatic rings. The minimum Gasteiger partial charge on any atom is -0.418 e. The van der Waals surface area contributed by atoms with Crippen LogP contribution in [0.1, 0.15) is 52.5 Å². The highest BCUT2D eigenvalue weighted by Gasteiger charge is 2.32. The van der Waals surface area contributed by atoms with E-state index < -0.39 is 32.6 Å². The second kappa shape index (κ2) is 6.72. The zero-order valence-corrected chi connectivity index (χ0v) is 13.8. The molecule has 1 atom stereocenters. The second-order valence-corrected chi connectivity index (χ2v) is 6.35. The third-order valence-electron chi connectivity index (χ3n) is 3.44. The van der Waals surface area contributed by atoms with Gasteiger partial charge in [-0.3, -0.25) is 25.0 Å². The van der Waals surface area contributed by atoms with Gasteiger partial charge in [0.05, 0.1) is 21.3 Å². The van der Waals surface area contributed by atoms with E-state index in [1.54, 1.807) is 27.7 Å².